The fourth-order valence-electron chi connectivity index (χ4n) is 2.49. The van der Waals surface area contributed by atoms with E-state index in [0.29, 0.717) is 16.5 Å². The van der Waals surface area contributed by atoms with Gasteiger partial charge < -0.3 is 5.73 Å². The first-order chi connectivity index (χ1) is 10.1. The number of para-hydroxylation sites is 1. The first-order valence-corrected chi connectivity index (χ1v) is 6.74. The molecule has 3 nitrogen and oxygen atoms in total. The molecule has 21 heavy (non-hydrogen) atoms. The predicted molar refractivity (Wildman–Crippen MR) is 82.1 cm³/mol. The van der Waals surface area contributed by atoms with Crippen molar-refractivity contribution >= 4 is 10.8 Å². The summed E-state index contributed by atoms with van der Waals surface area (Å²) in [4.78, 5) is 12.8. The van der Waals surface area contributed by atoms with Crippen molar-refractivity contribution in [2.24, 2.45) is 5.73 Å². The van der Waals surface area contributed by atoms with E-state index in [0.717, 1.165) is 5.69 Å². The molecular formula is C17H15FN2O. The fourth-order valence-corrected chi connectivity index (χ4v) is 2.49. The Morgan fingerprint density at radius 3 is 2.48 bits per heavy atom. The molecule has 1 unspecified atom stereocenters. The van der Waals surface area contributed by atoms with E-state index in [2.05, 4.69) is 0 Å². The van der Waals surface area contributed by atoms with Crippen LogP contribution in [0.25, 0.3) is 16.5 Å². The summed E-state index contributed by atoms with van der Waals surface area (Å²) in [6.07, 6.45) is 0. The van der Waals surface area contributed by atoms with Gasteiger partial charge in [-0.25, -0.2) is 4.39 Å². The van der Waals surface area contributed by atoms with Gasteiger partial charge in [0, 0.05) is 22.8 Å². The van der Waals surface area contributed by atoms with Crippen LogP contribution in [0.4, 0.5) is 4.39 Å². The van der Waals surface area contributed by atoms with E-state index in [1.54, 1.807) is 17.6 Å². The van der Waals surface area contributed by atoms with E-state index < -0.39 is 0 Å². The van der Waals surface area contributed by atoms with E-state index in [9.17, 15) is 9.18 Å². The van der Waals surface area contributed by atoms with Crippen LogP contribution in [0.15, 0.2) is 59.4 Å². The second kappa shape index (κ2) is 5.14. The molecule has 2 aromatic carbocycles. The lowest BCUT2D eigenvalue weighted by molar-refractivity contribution is 0.629. The minimum absolute atomic E-state index is 0.189. The van der Waals surface area contributed by atoms with Gasteiger partial charge in [0.1, 0.15) is 5.82 Å². The molecule has 3 rings (SSSR count). The first kappa shape index (κ1) is 13.5. The van der Waals surface area contributed by atoms with E-state index in [4.69, 9.17) is 5.73 Å². The third-order valence-corrected chi connectivity index (χ3v) is 3.49. The van der Waals surface area contributed by atoms with Crippen LogP contribution >= 0.6 is 0 Å². The van der Waals surface area contributed by atoms with E-state index in [1.165, 1.54) is 18.2 Å². The lowest BCUT2D eigenvalue weighted by Gasteiger charge is -2.17. The molecule has 0 bridgehead atoms. The second-order valence-electron chi connectivity index (χ2n) is 5.07. The molecule has 1 heterocycles. The molecule has 0 aliphatic rings. The Morgan fingerprint density at radius 2 is 1.81 bits per heavy atom. The van der Waals surface area contributed by atoms with Crippen molar-refractivity contribution in [3.63, 3.8) is 0 Å². The minimum Gasteiger partial charge on any atom is -0.323 e. The minimum atomic E-state index is -0.366. The monoisotopic (exact) mass is 282 g/mol. The molecule has 0 amide bonds. The van der Waals surface area contributed by atoms with Gasteiger partial charge in [-0.15, -0.1) is 0 Å². The van der Waals surface area contributed by atoms with Crippen LogP contribution < -0.4 is 11.3 Å². The summed E-state index contributed by atoms with van der Waals surface area (Å²) in [6, 6.07) is 14.9. The van der Waals surface area contributed by atoms with Gasteiger partial charge in [-0.2, -0.15) is 0 Å². The number of nitrogens with zero attached hydrogens (tertiary/aromatic N) is 1. The zero-order valence-electron chi connectivity index (χ0n) is 11.6. The van der Waals surface area contributed by atoms with Crippen LogP contribution in [0.1, 0.15) is 18.7 Å². The first-order valence-electron chi connectivity index (χ1n) is 6.74. The molecule has 0 aliphatic carbocycles. The highest BCUT2D eigenvalue weighted by Gasteiger charge is 2.14. The summed E-state index contributed by atoms with van der Waals surface area (Å²) in [5.41, 5.74) is 7.22. The fraction of sp³-hybridized carbons (Fsp3) is 0.118. The van der Waals surface area contributed by atoms with Crippen LogP contribution in [0.5, 0.6) is 0 Å². The molecule has 0 saturated heterocycles. The molecule has 1 aromatic heterocycles. The Labute approximate surface area is 121 Å². The van der Waals surface area contributed by atoms with Gasteiger partial charge in [0.25, 0.3) is 5.56 Å². The second-order valence-corrected chi connectivity index (χ2v) is 5.07. The zero-order chi connectivity index (χ0) is 15.0. The number of halogens is 1. The van der Waals surface area contributed by atoms with Crippen LogP contribution in [0.3, 0.4) is 0 Å². The number of hydrogen-bond donors (Lipinski definition) is 1. The Balaban J connectivity index is 2.42. The molecule has 0 saturated carbocycles. The normalized spacial score (nSPS) is 12.5. The summed E-state index contributed by atoms with van der Waals surface area (Å²) < 4.78 is 15.0. The van der Waals surface area contributed by atoms with Crippen LogP contribution in [0.2, 0.25) is 0 Å². The molecule has 0 radical (unpaired) electrons. The summed E-state index contributed by atoms with van der Waals surface area (Å²) in [5, 5.41) is 1.05. The van der Waals surface area contributed by atoms with Crippen molar-refractivity contribution in [2.75, 3.05) is 0 Å². The highest BCUT2D eigenvalue weighted by Crippen LogP contribution is 2.20. The molecule has 0 fully saturated rings. The van der Waals surface area contributed by atoms with Gasteiger partial charge in [-0.1, -0.05) is 18.2 Å². The Bertz CT molecular complexity index is 854. The Kier molecular flexibility index (Phi) is 3.31. The summed E-state index contributed by atoms with van der Waals surface area (Å²) >= 11 is 0. The SMILES string of the molecule is CC(N)c1cc2cc(F)ccc2c(=O)n1-c1ccccc1. The van der Waals surface area contributed by atoms with Gasteiger partial charge in [-0.3, -0.25) is 9.36 Å². The lowest BCUT2D eigenvalue weighted by atomic mass is 10.1. The number of pyridine rings is 1. The van der Waals surface area contributed by atoms with Crippen molar-refractivity contribution in [1.82, 2.24) is 4.57 Å². The lowest BCUT2D eigenvalue weighted by Crippen LogP contribution is -2.25. The van der Waals surface area contributed by atoms with Gasteiger partial charge in [0.15, 0.2) is 0 Å². The Hall–Kier alpha value is -2.46. The molecule has 0 aliphatic heterocycles. The molecule has 106 valence electrons. The van der Waals surface area contributed by atoms with Crippen molar-refractivity contribution in [1.29, 1.82) is 0 Å². The number of rotatable bonds is 2. The van der Waals surface area contributed by atoms with E-state index >= 15 is 0 Å². The average molecular weight is 282 g/mol. The average Bonchev–Trinajstić information content (AvgIpc) is 2.47. The van der Waals surface area contributed by atoms with E-state index in [1.807, 2.05) is 30.3 Å². The summed E-state index contributed by atoms with van der Waals surface area (Å²) in [5.74, 6) is -0.366. The van der Waals surface area contributed by atoms with Crippen molar-refractivity contribution < 1.29 is 4.39 Å². The maximum atomic E-state index is 13.4. The van der Waals surface area contributed by atoms with Gasteiger partial charge in [0.2, 0.25) is 0 Å². The molecule has 2 N–H and O–H groups in total. The van der Waals surface area contributed by atoms with Crippen LogP contribution in [-0.4, -0.2) is 4.57 Å². The molecule has 1 atom stereocenters. The number of aromatic nitrogens is 1. The van der Waals surface area contributed by atoms with Crippen molar-refractivity contribution in [3.05, 3.63) is 76.5 Å². The van der Waals surface area contributed by atoms with Crippen LogP contribution in [0, 0.1) is 5.82 Å². The highest BCUT2D eigenvalue weighted by molar-refractivity contribution is 5.82. The number of fused-ring (bicyclic) bond motifs is 1. The van der Waals surface area contributed by atoms with E-state index in [-0.39, 0.29) is 17.4 Å². The van der Waals surface area contributed by atoms with Crippen LogP contribution in [-0.2, 0) is 0 Å². The molecular weight excluding hydrogens is 267 g/mol. The molecule has 4 heteroatoms. The van der Waals surface area contributed by atoms with Crippen molar-refractivity contribution in [3.8, 4) is 5.69 Å². The zero-order valence-corrected chi connectivity index (χ0v) is 11.6. The van der Waals surface area contributed by atoms with Crippen molar-refractivity contribution in [2.45, 2.75) is 13.0 Å². The number of nitrogens with two attached hydrogens (primary N) is 1. The summed E-state index contributed by atoms with van der Waals surface area (Å²) in [7, 11) is 0. The predicted octanol–water partition coefficient (Wildman–Crippen LogP) is 3.15. The maximum absolute atomic E-state index is 13.4. The van der Waals surface area contributed by atoms with Gasteiger partial charge in [-0.05, 0) is 48.7 Å². The summed E-state index contributed by atoms with van der Waals surface area (Å²) in [6.45, 7) is 1.80. The largest absolute Gasteiger partial charge is 0.323 e. The molecule has 0 spiro atoms. The smallest absolute Gasteiger partial charge is 0.263 e. The Morgan fingerprint density at radius 1 is 1.10 bits per heavy atom. The van der Waals surface area contributed by atoms with Gasteiger partial charge in [0.05, 0.1) is 0 Å². The number of hydrogen-bond acceptors (Lipinski definition) is 2. The third-order valence-electron chi connectivity index (χ3n) is 3.49. The maximum Gasteiger partial charge on any atom is 0.263 e. The number of benzene rings is 2. The quantitative estimate of drug-likeness (QED) is 0.785. The third kappa shape index (κ3) is 2.34. The standard InChI is InChI=1S/C17H15FN2O/c1-11(19)16-10-12-9-13(18)7-8-15(12)17(21)20(16)14-5-3-2-4-6-14/h2-11H,19H2,1H3. The topological polar surface area (TPSA) is 48.0 Å². The van der Waals surface area contributed by atoms with Gasteiger partial charge >= 0.3 is 0 Å². The molecule has 3 aromatic rings. The highest BCUT2D eigenvalue weighted by atomic mass is 19.1.